The van der Waals surface area contributed by atoms with Crippen molar-refractivity contribution < 1.29 is 4.79 Å². The maximum atomic E-state index is 12.0. The molecule has 110 valence electrons. The van der Waals surface area contributed by atoms with Crippen LogP contribution >= 0.6 is 0 Å². The number of hydrogen-bond acceptors (Lipinski definition) is 2. The molecule has 1 aromatic heterocycles. The highest BCUT2D eigenvalue weighted by molar-refractivity contribution is 5.78. The summed E-state index contributed by atoms with van der Waals surface area (Å²) in [6, 6.07) is 12.3. The van der Waals surface area contributed by atoms with E-state index in [2.05, 4.69) is 41.5 Å². The van der Waals surface area contributed by atoms with Gasteiger partial charge in [-0.1, -0.05) is 37.3 Å². The van der Waals surface area contributed by atoms with Gasteiger partial charge in [-0.2, -0.15) is 0 Å². The molecule has 3 heteroatoms. The van der Waals surface area contributed by atoms with Crippen molar-refractivity contribution >= 4 is 5.91 Å². The Bertz CT molecular complexity index is 581. The monoisotopic (exact) mass is 282 g/mol. The van der Waals surface area contributed by atoms with Crippen LogP contribution in [0.4, 0.5) is 0 Å². The van der Waals surface area contributed by atoms with Gasteiger partial charge in [-0.3, -0.25) is 9.78 Å². The lowest BCUT2D eigenvalue weighted by molar-refractivity contribution is -0.120. The van der Waals surface area contributed by atoms with Gasteiger partial charge in [0, 0.05) is 18.9 Å². The van der Waals surface area contributed by atoms with Gasteiger partial charge >= 0.3 is 0 Å². The average Bonchev–Trinajstić information content (AvgIpc) is 2.50. The van der Waals surface area contributed by atoms with Gasteiger partial charge in [-0.15, -0.1) is 0 Å². The number of carbonyl (C=O) groups excluding carboxylic acids is 1. The summed E-state index contributed by atoms with van der Waals surface area (Å²) < 4.78 is 0. The number of pyridine rings is 1. The summed E-state index contributed by atoms with van der Waals surface area (Å²) in [4.78, 5) is 16.0. The minimum atomic E-state index is 0.0737. The van der Waals surface area contributed by atoms with Gasteiger partial charge in [-0.25, -0.2) is 0 Å². The Hall–Kier alpha value is -2.16. The molecule has 0 saturated carbocycles. The Morgan fingerprint density at radius 3 is 2.71 bits per heavy atom. The summed E-state index contributed by atoms with van der Waals surface area (Å²) in [6.07, 6.45) is 4.90. The van der Waals surface area contributed by atoms with Crippen LogP contribution in [0.15, 0.2) is 48.8 Å². The fourth-order valence-corrected chi connectivity index (χ4v) is 2.31. The van der Waals surface area contributed by atoms with Gasteiger partial charge in [0.2, 0.25) is 5.91 Å². The second-order valence-corrected chi connectivity index (χ2v) is 5.43. The summed E-state index contributed by atoms with van der Waals surface area (Å²) in [5.41, 5.74) is 3.42. The third kappa shape index (κ3) is 4.71. The minimum Gasteiger partial charge on any atom is -0.356 e. The number of benzene rings is 1. The lowest BCUT2D eigenvalue weighted by atomic mass is 9.98. The van der Waals surface area contributed by atoms with Gasteiger partial charge in [0.05, 0.1) is 6.42 Å². The molecule has 3 nitrogen and oxygen atoms in total. The third-order valence-electron chi connectivity index (χ3n) is 3.76. The summed E-state index contributed by atoms with van der Waals surface area (Å²) in [5.74, 6) is 0.527. The molecule has 2 rings (SSSR count). The Kier molecular flexibility index (Phi) is 5.50. The molecule has 0 aliphatic heterocycles. The molecular weight excluding hydrogens is 260 g/mol. The summed E-state index contributed by atoms with van der Waals surface area (Å²) in [6.45, 7) is 4.88. The fourth-order valence-electron chi connectivity index (χ4n) is 2.31. The van der Waals surface area contributed by atoms with Gasteiger partial charge in [-0.05, 0) is 42.0 Å². The quantitative estimate of drug-likeness (QED) is 0.883. The zero-order valence-corrected chi connectivity index (χ0v) is 12.7. The first kappa shape index (κ1) is 15.2. The van der Waals surface area contributed by atoms with Crippen molar-refractivity contribution in [1.82, 2.24) is 10.3 Å². The Morgan fingerprint density at radius 1 is 1.24 bits per heavy atom. The largest absolute Gasteiger partial charge is 0.356 e. The lowest BCUT2D eigenvalue weighted by Crippen LogP contribution is -2.27. The molecular formula is C18H22N2O. The molecule has 1 aromatic carbocycles. The van der Waals surface area contributed by atoms with Crippen LogP contribution in [0, 0.1) is 6.92 Å². The predicted octanol–water partition coefficient (Wildman–Crippen LogP) is 3.24. The van der Waals surface area contributed by atoms with Gasteiger partial charge in [0.25, 0.3) is 0 Å². The van der Waals surface area contributed by atoms with Crippen molar-refractivity contribution in [3.8, 4) is 0 Å². The van der Waals surface area contributed by atoms with E-state index in [4.69, 9.17) is 0 Å². The number of nitrogens with zero attached hydrogens (tertiary/aromatic N) is 1. The van der Waals surface area contributed by atoms with E-state index in [9.17, 15) is 4.79 Å². The average molecular weight is 282 g/mol. The third-order valence-corrected chi connectivity index (χ3v) is 3.76. The maximum Gasteiger partial charge on any atom is 0.224 e. The zero-order chi connectivity index (χ0) is 15.1. The molecule has 0 unspecified atom stereocenters. The van der Waals surface area contributed by atoms with Crippen molar-refractivity contribution in [1.29, 1.82) is 0 Å². The van der Waals surface area contributed by atoms with Crippen LogP contribution in [-0.2, 0) is 11.2 Å². The van der Waals surface area contributed by atoms with Crippen LogP contribution in [0.25, 0.3) is 0 Å². The molecule has 0 fully saturated rings. The van der Waals surface area contributed by atoms with E-state index in [0.29, 0.717) is 18.9 Å². The molecule has 0 saturated heterocycles. The minimum absolute atomic E-state index is 0.0737. The van der Waals surface area contributed by atoms with E-state index in [-0.39, 0.29) is 5.91 Å². The lowest BCUT2D eigenvalue weighted by Gasteiger charge is -2.12. The van der Waals surface area contributed by atoms with E-state index < -0.39 is 0 Å². The first-order chi connectivity index (χ1) is 10.2. The van der Waals surface area contributed by atoms with E-state index >= 15 is 0 Å². The predicted molar refractivity (Wildman–Crippen MR) is 85.2 cm³/mol. The fraction of sp³-hybridized carbons (Fsp3) is 0.333. The van der Waals surface area contributed by atoms with Crippen molar-refractivity contribution in [2.24, 2.45) is 0 Å². The zero-order valence-electron chi connectivity index (χ0n) is 12.7. The molecule has 21 heavy (non-hydrogen) atoms. The van der Waals surface area contributed by atoms with Gasteiger partial charge in [0.15, 0.2) is 0 Å². The number of nitrogens with one attached hydrogen (secondary N) is 1. The van der Waals surface area contributed by atoms with Gasteiger partial charge in [0.1, 0.15) is 0 Å². The molecule has 1 atom stereocenters. The highest BCUT2D eigenvalue weighted by atomic mass is 16.1. The number of aromatic nitrogens is 1. The first-order valence-corrected chi connectivity index (χ1v) is 7.38. The van der Waals surface area contributed by atoms with Crippen molar-refractivity contribution in [3.63, 3.8) is 0 Å². The second kappa shape index (κ2) is 7.58. The SMILES string of the molecule is Cc1cnccc1CC(=O)NCC[C@@H](C)c1ccccc1. The summed E-state index contributed by atoms with van der Waals surface area (Å²) >= 11 is 0. The van der Waals surface area contributed by atoms with Crippen LogP contribution in [0.5, 0.6) is 0 Å². The molecule has 1 N–H and O–H groups in total. The molecule has 0 bridgehead atoms. The highest BCUT2D eigenvalue weighted by Crippen LogP contribution is 2.17. The standard InChI is InChI=1S/C18H22N2O/c1-14(16-6-4-3-5-7-16)8-11-20-18(21)12-17-9-10-19-13-15(17)2/h3-7,9-10,13-14H,8,11-12H2,1-2H3,(H,20,21)/t14-/m1/s1. The summed E-state index contributed by atoms with van der Waals surface area (Å²) in [7, 11) is 0. The number of aryl methyl sites for hydroxylation is 1. The van der Waals surface area contributed by atoms with E-state index in [1.165, 1.54) is 5.56 Å². The van der Waals surface area contributed by atoms with Crippen molar-refractivity contribution in [2.75, 3.05) is 6.54 Å². The van der Waals surface area contributed by atoms with E-state index in [0.717, 1.165) is 17.5 Å². The number of carbonyl (C=O) groups is 1. The maximum absolute atomic E-state index is 12.0. The Morgan fingerprint density at radius 2 is 2.00 bits per heavy atom. The van der Waals surface area contributed by atoms with Crippen LogP contribution in [0.3, 0.4) is 0 Å². The number of amides is 1. The molecule has 0 radical (unpaired) electrons. The topological polar surface area (TPSA) is 42.0 Å². The van der Waals surface area contributed by atoms with Crippen LogP contribution in [-0.4, -0.2) is 17.4 Å². The molecule has 0 spiro atoms. The normalized spacial score (nSPS) is 11.9. The van der Waals surface area contributed by atoms with Crippen molar-refractivity contribution in [2.45, 2.75) is 32.6 Å². The second-order valence-electron chi connectivity index (χ2n) is 5.43. The highest BCUT2D eigenvalue weighted by Gasteiger charge is 2.08. The molecule has 1 heterocycles. The van der Waals surface area contributed by atoms with Crippen molar-refractivity contribution in [3.05, 3.63) is 65.5 Å². The Balaban J connectivity index is 1.76. The number of rotatable bonds is 6. The smallest absolute Gasteiger partial charge is 0.224 e. The van der Waals surface area contributed by atoms with Crippen LogP contribution in [0.1, 0.15) is 36.0 Å². The Labute approximate surface area is 126 Å². The molecule has 0 aliphatic rings. The van der Waals surface area contributed by atoms with E-state index in [1.807, 2.05) is 19.1 Å². The first-order valence-electron chi connectivity index (χ1n) is 7.38. The van der Waals surface area contributed by atoms with Crippen LogP contribution < -0.4 is 5.32 Å². The molecule has 2 aromatic rings. The van der Waals surface area contributed by atoms with Crippen LogP contribution in [0.2, 0.25) is 0 Å². The molecule has 1 amide bonds. The number of hydrogen-bond donors (Lipinski definition) is 1. The van der Waals surface area contributed by atoms with Gasteiger partial charge < -0.3 is 5.32 Å². The van der Waals surface area contributed by atoms with E-state index in [1.54, 1.807) is 12.4 Å². The molecule has 0 aliphatic carbocycles. The summed E-state index contributed by atoms with van der Waals surface area (Å²) in [5, 5.41) is 3.00.